The highest BCUT2D eigenvalue weighted by atomic mass is 79.9. The molecule has 0 saturated carbocycles. The number of anilines is 1. The van der Waals surface area contributed by atoms with Crippen LogP contribution in [0.5, 0.6) is 11.5 Å². The molecule has 0 N–H and O–H groups in total. The number of nitrogens with zero attached hydrogens (tertiary/aromatic N) is 2. The molecule has 0 unspecified atom stereocenters. The molecule has 7 nitrogen and oxygen atoms in total. The minimum atomic E-state index is -0.891. The molecule has 6 rings (SSSR count). The Labute approximate surface area is 222 Å². The normalized spacial score (nSPS) is 23.5. The van der Waals surface area contributed by atoms with Gasteiger partial charge in [-0.25, -0.2) is 4.90 Å². The van der Waals surface area contributed by atoms with E-state index in [1.807, 2.05) is 41.4 Å². The molecule has 3 heterocycles. The van der Waals surface area contributed by atoms with Gasteiger partial charge in [0.25, 0.3) is 0 Å². The summed E-state index contributed by atoms with van der Waals surface area (Å²) >= 11 is 3.41. The van der Waals surface area contributed by atoms with Gasteiger partial charge in [0.15, 0.2) is 5.78 Å². The zero-order valence-corrected chi connectivity index (χ0v) is 21.7. The smallest absolute Gasteiger partial charge is 0.240 e. The van der Waals surface area contributed by atoms with E-state index < -0.39 is 23.9 Å². The molecule has 0 aromatic heterocycles. The number of methoxy groups -OCH3 is 2. The third-order valence-electron chi connectivity index (χ3n) is 7.49. The van der Waals surface area contributed by atoms with Crippen molar-refractivity contribution in [3.8, 4) is 11.5 Å². The molecule has 2 amide bonds. The summed E-state index contributed by atoms with van der Waals surface area (Å²) < 4.78 is 11.7. The number of hydrogen-bond donors (Lipinski definition) is 0. The van der Waals surface area contributed by atoms with Crippen LogP contribution in [0.4, 0.5) is 5.69 Å². The predicted octanol–water partition coefficient (Wildman–Crippen LogP) is 4.86. The number of amides is 2. The standard InChI is InChI=1S/C29H23BrN2O5/c1-36-19-11-12-22(37-2)21(15-19)27(33)26-24-23(25-20-6-4-3-5-16(20)13-14-31(25)26)28(34)32(29(24)35)18-9-7-17(30)8-10-18/h3-15,23-26H,1-2H3/t23-,24-,25+,26+/m1/s1. The molecule has 37 heavy (non-hydrogen) atoms. The fraction of sp³-hybridized carbons (Fsp3) is 0.207. The van der Waals surface area contributed by atoms with Crippen LogP contribution in [0, 0.1) is 11.8 Å². The van der Waals surface area contributed by atoms with Crippen LogP contribution < -0.4 is 14.4 Å². The highest BCUT2D eigenvalue weighted by Crippen LogP contribution is 2.54. The van der Waals surface area contributed by atoms with Gasteiger partial charge in [0, 0.05) is 10.7 Å². The van der Waals surface area contributed by atoms with Gasteiger partial charge in [0.05, 0.1) is 43.3 Å². The second-order valence-electron chi connectivity index (χ2n) is 9.25. The lowest BCUT2D eigenvalue weighted by molar-refractivity contribution is -0.123. The molecule has 3 aliphatic rings. The number of hydrogen-bond acceptors (Lipinski definition) is 6. The number of fused-ring (bicyclic) bond motifs is 5. The molecule has 2 fully saturated rings. The highest BCUT2D eigenvalue weighted by Gasteiger charge is 2.64. The Bertz CT molecular complexity index is 1470. The van der Waals surface area contributed by atoms with Crippen LogP contribution in [-0.2, 0) is 9.59 Å². The van der Waals surface area contributed by atoms with E-state index in [4.69, 9.17) is 9.47 Å². The zero-order valence-electron chi connectivity index (χ0n) is 20.1. The Morgan fingerprint density at radius 2 is 1.62 bits per heavy atom. The monoisotopic (exact) mass is 558 g/mol. The van der Waals surface area contributed by atoms with Gasteiger partial charge in [-0.05, 0) is 59.7 Å². The summed E-state index contributed by atoms with van der Waals surface area (Å²) in [7, 11) is 3.02. The summed E-state index contributed by atoms with van der Waals surface area (Å²) in [4.78, 5) is 45.3. The summed E-state index contributed by atoms with van der Waals surface area (Å²) in [5, 5.41) is 0. The number of Topliss-reactive ketones (excluding diaryl/α,β-unsaturated/α-hetero) is 1. The lowest BCUT2D eigenvalue weighted by Gasteiger charge is -2.35. The van der Waals surface area contributed by atoms with Crippen molar-refractivity contribution in [3.63, 3.8) is 0 Å². The van der Waals surface area contributed by atoms with Gasteiger partial charge in [-0.1, -0.05) is 40.2 Å². The molecule has 3 aliphatic heterocycles. The van der Waals surface area contributed by atoms with Gasteiger partial charge in [-0.2, -0.15) is 0 Å². The summed E-state index contributed by atoms with van der Waals surface area (Å²) in [6.45, 7) is 0. The first-order valence-electron chi connectivity index (χ1n) is 11.9. The number of rotatable bonds is 5. The van der Waals surface area contributed by atoms with Crippen molar-refractivity contribution in [2.24, 2.45) is 11.8 Å². The second-order valence-corrected chi connectivity index (χ2v) is 10.2. The summed E-state index contributed by atoms with van der Waals surface area (Å²) in [5.74, 6) is -1.67. The van der Waals surface area contributed by atoms with Gasteiger partial charge >= 0.3 is 0 Å². The van der Waals surface area contributed by atoms with Crippen LogP contribution in [0.15, 0.2) is 77.4 Å². The van der Waals surface area contributed by atoms with Crippen LogP contribution in [-0.4, -0.2) is 42.8 Å². The molecule has 0 radical (unpaired) electrons. The van der Waals surface area contributed by atoms with Crippen LogP contribution in [0.3, 0.4) is 0 Å². The quantitative estimate of drug-likeness (QED) is 0.328. The second kappa shape index (κ2) is 8.88. The van der Waals surface area contributed by atoms with E-state index in [2.05, 4.69) is 15.9 Å². The largest absolute Gasteiger partial charge is 0.497 e. The SMILES string of the molecule is COc1ccc(OC)c(C(=O)[C@@H]2[C@@H]3C(=O)N(c4ccc(Br)cc4)C(=O)[C@H]3[C@@H]3c4ccccc4C=CN23)c1. The third-order valence-corrected chi connectivity index (χ3v) is 8.02. The highest BCUT2D eigenvalue weighted by molar-refractivity contribution is 9.10. The average Bonchev–Trinajstić information content (AvgIpc) is 3.40. The number of carbonyl (C=O) groups excluding carboxylic acids is 3. The fourth-order valence-corrected chi connectivity index (χ4v) is 6.13. The first-order valence-corrected chi connectivity index (χ1v) is 12.7. The van der Waals surface area contributed by atoms with E-state index >= 15 is 0 Å². The van der Waals surface area contributed by atoms with E-state index in [9.17, 15) is 14.4 Å². The Hall–Kier alpha value is -3.91. The van der Waals surface area contributed by atoms with E-state index in [1.165, 1.54) is 19.1 Å². The van der Waals surface area contributed by atoms with Crippen molar-refractivity contribution >= 4 is 45.3 Å². The number of halogens is 1. The molecule has 3 aromatic carbocycles. The molecular formula is C29H23BrN2O5. The Morgan fingerprint density at radius 1 is 0.892 bits per heavy atom. The summed E-state index contributed by atoms with van der Waals surface area (Å²) in [6, 6.07) is 18.5. The number of carbonyl (C=O) groups is 3. The predicted molar refractivity (Wildman–Crippen MR) is 141 cm³/mol. The molecule has 8 heteroatoms. The molecular weight excluding hydrogens is 536 g/mol. The van der Waals surface area contributed by atoms with Crippen molar-refractivity contribution < 1.29 is 23.9 Å². The Morgan fingerprint density at radius 3 is 2.35 bits per heavy atom. The van der Waals surface area contributed by atoms with Gasteiger partial charge in [0.1, 0.15) is 17.5 Å². The Balaban J connectivity index is 1.51. The lowest BCUT2D eigenvalue weighted by atomic mass is 9.83. The van der Waals surface area contributed by atoms with Gasteiger partial charge < -0.3 is 14.4 Å². The minimum Gasteiger partial charge on any atom is -0.497 e. The van der Waals surface area contributed by atoms with Gasteiger partial charge in [0.2, 0.25) is 11.8 Å². The van der Waals surface area contributed by atoms with Crippen molar-refractivity contribution in [3.05, 3.63) is 94.1 Å². The molecule has 0 aliphatic carbocycles. The van der Waals surface area contributed by atoms with Crippen LogP contribution in [0.1, 0.15) is 27.5 Å². The third kappa shape index (κ3) is 3.50. The van der Waals surface area contributed by atoms with E-state index in [0.29, 0.717) is 22.7 Å². The van der Waals surface area contributed by atoms with Crippen molar-refractivity contribution in [2.45, 2.75) is 12.1 Å². The number of imide groups is 1. The van der Waals surface area contributed by atoms with Gasteiger partial charge in [-0.15, -0.1) is 0 Å². The Kier molecular flexibility index (Phi) is 5.64. The minimum absolute atomic E-state index is 0.295. The molecule has 4 atom stereocenters. The molecule has 2 saturated heterocycles. The average molecular weight is 559 g/mol. The maximum atomic E-state index is 14.2. The fourth-order valence-electron chi connectivity index (χ4n) is 5.87. The van der Waals surface area contributed by atoms with Crippen molar-refractivity contribution in [1.29, 1.82) is 0 Å². The molecule has 0 bridgehead atoms. The summed E-state index contributed by atoms with van der Waals surface area (Å²) in [5.41, 5.74) is 2.69. The first-order chi connectivity index (χ1) is 17.9. The molecule has 0 spiro atoms. The van der Waals surface area contributed by atoms with Crippen LogP contribution in [0.2, 0.25) is 0 Å². The zero-order chi connectivity index (χ0) is 25.8. The van der Waals surface area contributed by atoms with E-state index in [-0.39, 0.29) is 17.6 Å². The molecule has 3 aromatic rings. The van der Waals surface area contributed by atoms with E-state index in [1.54, 1.807) is 42.5 Å². The molecule has 186 valence electrons. The number of ether oxygens (including phenoxy) is 2. The first kappa shape index (κ1) is 23.5. The summed E-state index contributed by atoms with van der Waals surface area (Å²) in [6.07, 6.45) is 3.77. The number of benzene rings is 3. The lowest BCUT2D eigenvalue weighted by Crippen LogP contribution is -2.44. The van der Waals surface area contributed by atoms with Crippen LogP contribution >= 0.6 is 15.9 Å². The van der Waals surface area contributed by atoms with Crippen LogP contribution in [0.25, 0.3) is 6.08 Å². The number of ketones is 1. The van der Waals surface area contributed by atoms with E-state index in [0.717, 1.165) is 15.6 Å². The maximum absolute atomic E-state index is 14.2. The maximum Gasteiger partial charge on any atom is 0.240 e. The van der Waals surface area contributed by atoms with Crippen molar-refractivity contribution in [1.82, 2.24) is 4.90 Å². The topological polar surface area (TPSA) is 76.1 Å². The van der Waals surface area contributed by atoms with Gasteiger partial charge in [-0.3, -0.25) is 14.4 Å². The van der Waals surface area contributed by atoms with Crippen molar-refractivity contribution in [2.75, 3.05) is 19.1 Å².